The van der Waals surface area contributed by atoms with Crippen molar-refractivity contribution >= 4 is 11.6 Å². The third-order valence-corrected chi connectivity index (χ3v) is 5.48. The largest absolute Gasteiger partial charge is 0.494 e. The lowest BCUT2D eigenvalue weighted by atomic mass is 10.1. The van der Waals surface area contributed by atoms with Gasteiger partial charge >= 0.3 is 0 Å². The quantitative estimate of drug-likeness (QED) is 0.575. The van der Waals surface area contributed by atoms with E-state index in [4.69, 9.17) is 4.74 Å². The van der Waals surface area contributed by atoms with Crippen LogP contribution in [0.3, 0.4) is 0 Å². The van der Waals surface area contributed by atoms with Gasteiger partial charge in [-0.15, -0.1) is 0 Å². The zero-order valence-electron chi connectivity index (χ0n) is 17.7. The first-order chi connectivity index (χ1) is 15.2. The van der Waals surface area contributed by atoms with Crippen molar-refractivity contribution in [2.24, 2.45) is 0 Å². The molecule has 31 heavy (non-hydrogen) atoms. The molecule has 2 aromatic carbocycles. The van der Waals surface area contributed by atoms with Gasteiger partial charge in [-0.25, -0.2) is 4.39 Å². The second-order valence-corrected chi connectivity index (χ2v) is 7.62. The first-order valence-corrected chi connectivity index (χ1v) is 10.7. The molecule has 3 aromatic rings. The number of nitrogens with one attached hydrogen (secondary N) is 1. The van der Waals surface area contributed by atoms with Crippen molar-refractivity contribution in [1.29, 1.82) is 0 Å². The number of hydrogen-bond donors (Lipinski definition) is 1. The molecule has 0 atom stereocenters. The summed E-state index contributed by atoms with van der Waals surface area (Å²) < 4.78 is 19.7. The predicted octanol–water partition coefficient (Wildman–Crippen LogP) is 4.36. The van der Waals surface area contributed by atoms with Crippen molar-refractivity contribution < 1.29 is 13.9 Å². The highest BCUT2D eigenvalue weighted by Crippen LogP contribution is 2.23. The molecule has 6 nitrogen and oxygen atoms in total. The molecule has 0 bridgehead atoms. The molecule has 2 heterocycles. The molecule has 1 aliphatic rings. The van der Waals surface area contributed by atoms with E-state index in [0.29, 0.717) is 49.9 Å². The molecule has 1 fully saturated rings. The zero-order valence-corrected chi connectivity index (χ0v) is 17.7. The zero-order chi connectivity index (χ0) is 21.6. The van der Waals surface area contributed by atoms with E-state index >= 15 is 0 Å². The first kappa shape index (κ1) is 20.9. The molecule has 1 saturated heterocycles. The number of benzene rings is 2. The predicted molar refractivity (Wildman–Crippen MR) is 119 cm³/mol. The summed E-state index contributed by atoms with van der Waals surface area (Å²) in [5.74, 6) is 0.505. The minimum absolute atomic E-state index is 0.0912. The van der Waals surface area contributed by atoms with Crippen LogP contribution in [0.2, 0.25) is 0 Å². The van der Waals surface area contributed by atoms with E-state index in [2.05, 4.69) is 17.1 Å². The number of H-pyrrole nitrogens is 1. The highest BCUT2D eigenvalue weighted by Gasteiger charge is 2.24. The van der Waals surface area contributed by atoms with Gasteiger partial charge in [-0.05, 0) is 48.9 Å². The molecule has 1 aromatic heterocycles. The van der Waals surface area contributed by atoms with Crippen LogP contribution in [0.1, 0.15) is 30.3 Å². The van der Waals surface area contributed by atoms with Crippen LogP contribution in [0.15, 0.2) is 54.6 Å². The molecular formula is C24H27FN4O2. The van der Waals surface area contributed by atoms with Crippen LogP contribution in [-0.4, -0.2) is 53.8 Å². The first-order valence-electron chi connectivity index (χ1n) is 10.7. The van der Waals surface area contributed by atoms with Crippen molar-refractivity contribution in [1.82, 2.24) is 15.1 Å². The summed E-state index contributed by atoms with van der Waals surface area (Å²) in [5.41, 5.74) is 2.68. The van der Waals surface area contributed by atoms with Gasteiger partial charge in [0.15, 0.2) is 0 Å². The molecule has 7 heteroatoms. The van der Waals surface area contributed by atoms with Crippen LogP contribution >= 0.6 is 0 Å². The minimum atomic E-state index is -0.234. The number of carbonyl (C=O) groups excluding carboxylic acids is 1. The number of piperazine rings is 1. The van der Waals surface area contributed by atoms with E-state index in [-0.39, 0.29) is 11.7 Å². The Kier molecular flexibility index (Phi) is 6.50. The van der Waals surface area contributed by atoms with E-state index < -0.39 is 0 Å². The number of para-hydroxylation sites is 1. The molecule has 162 valence electrons. The lowest BCUT2D eigenvalue weighted by Gasteiger charge is -2.36. The summed E-state index contributed by atoms with van der Waals surface area (Å²) in [7, 11) is 0. The second kappa shape index (κ2) is 9.64. The Hall–Kier alpha value is -3.35. The Balaban J connectivity index is 1.36. The highest BCUT2D eigenvalue weighted by atomic mass is 19.1. The van der Waals surface area contributed by atoms with Gasteiger partial charge in [0.1, 0.15) is 17.3 Å². The summed E-state index contributed by atoms with van der Waals surface area (Å²) in [6.07, 6.45) is 2.13. The fourth-order valence-electron chi connectivity index (χ4n) is 3.66. The molecule has 1 aliphatic heterocycles. The van der Waals surface area contributed by atoms with Gasteiger partial charge in [-0.1, -0.05) is 25.5 Å². The van der Waals surface area contributed by atoms with Gasteiger partial charge in [0.25, 0.3) is 5.91 Å². The van der Waals surface area contributed by atoms with Gasteiger partial charge in [-0.2, -0.15) is 5.10 Å². The van der Waals surface area contributed by atoms with Crippen LogP contribution < -0.4 is 9.64 Å². The topological polar surface area (TPSA) is 61.5 Å². The standard InChI is InChI=1S/C24H27FN4O2/c1-2-3-16-31-19-10-8-18(9-11-19)21-17-22(27-26-21)24(30)29-14-12-28(13-15-29)23-7-5-4-6-20(23)25/h4-11,17H,2-3,12-16H2,1H3,(H,26,27). The van der Waals surface area contributed by atoms with E-state index in [1.54, 1.807) is 23.1 Å². The Morgan fingerprint density at radius 3 is 2.55 bits per heavy atom. The third-order valence-electron chi connectivity index (χ3n) is 5.48. The fourth-order valence-corrected chi connectivity index (χ4v) is 3.66. The number of rotatable bonds is 7. The van der Waals surface area contributed by atoms with Crippen LogP contribution in [0.5, 0.6) is 5.75 Å². The number of unbranched alkanes of at least 4 members (excludes halogenated alkanes) is 1. The van der Waals surface area contributed by atoms with Crippen molar-refractivity contribution in [3.05, 3.63) is 66.1 Å². The second-order valence-electron chi connectivity index (χ2n) is 7.62. The number of aromatic nitrogens is 2. The van der Waals surface area contributed by atoms with Gasteiger partial charge < -0.3 is 14.5 Å². The van der Waals surface area contributed by atoms with Crippen LogP contribution in [-0.2, 0) is 0 Å². The summed E-state index contributed by atoms with van der Waals surface area (Å²) in [6.45, 7) is 5.09. The normalized spacial score (nSPS) is 14.0. The van der Waals surface area contributed by atoms with E-state index in [9.17, 15) is 9.18 Å². The maximum atomic E-state index is 14.0. The molecule has 0 unspecified atom stereocenters. The van der Waals surface area contributed by atoms with E-state index in [1.807, 2.05) is 35.2 Å². The SMILES string of the molecule is CCCCOc1ccc(-c2cc(C(=O)N3CCN(c4ccccc4F)CC3)[nH]n2)cc1. The summed E-state index contributed by atoms with van der Waals surface area (Å²) in [6, 6.07) is 16.2. The molecule has 4 rings (SSSR count). The average Bonchev–Trinajstić information content (AvgIpc) is 3.30. The molecule has 0 saturated carbocycles. The van der Waals surface area contributed by atoms with Gasteiger partial charge in [0.2, 0.25) is 0 Å². The monoisotopic (exact) mass is 422 g/mol. The lowest BCUT2D eigenvalue weighted by molar-refractivity contribution is 0.0740. The molecule has 1 amide bonds. The molecule has 0 spiro atoms. The summed E-state index contributed by atoms with van der Waals surface area (Å²) in [4.78, 5) is 16.6. The number of aromatic amines is 1. The summed E-state index contributed by atoms with van der Waals surface area (Å²) in [5, 5.41) is 7.17. The van der Waals surface area contributed by atoms with Gasteiger partial charge in [0.05, 0.1) is 18.0 Å². The average molecular weight is 423 g/mol. The van der Waals surface area contributed by atoms with Gasteiger partial charge in [-0.3, -0.25) is 9.89 Å². The van der Waals surface area contributed by atoms with Crippen molar-refractivity contribution in [3.63, 3.8) is 0 Å². The smallest absolute Gasteiger partial charge is 0.272 e. The number of amides is 1. The lowest BCUT2D eigenvalue weighted by Crippen LogP contribution is -2.49. The number of carbonyl (C=O) groups is 1. The highest BCUT2D eigenvalue weighted by molar-refractivity contribution is 5.93. The number of ether oxygens (including phenoxy) is 1. The Labute approximate surface area is 181 Å². The van der Waals surface area contributed by atoms with E-state index in [0.717, 1.165) is 24.2 Å². The molecule has 0 aliphatic carbocycles. The Bertz CT molecular complexity index is 1010. The number of halogens is 1. The molecular weight excluding hydrogens is 395 g/mol. The Morgan fingerprint density at radius 1 is 1.10 bits per heavy atom. The maximum absolute atomic E-state index is 14.0. The van der Waals surface area contributed by atoms with Crippen LogP contribution in [0, 0.1) is 5.82 Å². The molecule has 1 N–H and O–H groups in total. The number of hydrogen-bond acceptors (Lipinski definition) is 4. The van der Waals surface area contributed by atoms with Crippen LogP contribution in [0.25, 0.3) is 11.3 Å². The van der Waals surface area contributed by atoms with Gasteiger partial charge in [0, 0.05) is 31.7 Å². The Morgan fingerprint density at radius 2 is 1.84 bits per heavy atom. The fraction of sp³-hybridized carbons (Fsp3) is 0.333. The summed E-state index contributed by atoms with van der Waals surface area (Å²) >= 11 is 0. The van der Waals surface area contributed by atoms with E-state index in [1.165, 1.54) is 6.07 Å². The van der Waals surface area contributed by atoms with Crippen LogP contribution in [0.4, 0.5) is 10.1 Å². The van der Waals surface area contributed by atoms with Crippen molar-refractivity contribution in [3.8, 4) is 17.0 Å². The minimum Gasteiger partial charge on any atom is -0.494 e. The number of nitrogens with zero attached hydrogens (tertiary/aromatic N) is 3. The molecule has 0 radical (unpaired) electrons. The van der Waals surface area contributed by atoms with Crippen molar-refractivity contribution in [2.75, 3.05) is 37.7 Å². The maximum Gasteiger partial charge on any atom is 0.272 e. The third kappa shape index (κ3) is 4.87. The van der Waals surface area contributed by atoms with Crippen molar-refractivity contribution in [2.45, 2.75) is 19.8 Å². The number of anilines is 1.